The van der Waals surface area contributed by atoms with Crippen molar-refractivity contribution in [1.29, 1.82) is 0 Å². The third kappa shape index (κ3) is 3.09. The monoisotopic (exact) mass is 287 g/mol. The Balaban J connectivity index is 2.13. The van der Waals surface area contributed by atoms with Crippen molar-refractivity contribution in [1.82, 2.24) is 0 Å². The number of carbonyl (C=O) groups is 1. The SMILES string of the molecule is O=C(O)c1cc(Cl)cc(NCC2CCCC2)c1Cl. The van der Waals surface area contributed by atoms with Crippen LogP contribution in [0.5, 0.6) is 0 Å². The largest absolute Gasteiger partial charge is 0.478 e. The molecule has 0 atom stereocenters. The van der Waals surface area contributed by atoms with Crippen LogP contribution in [-0.2, 0) is 0 Å². The first-order chi connectivity index (χ1) is 8.58. The number of hydrogen-bond acceptors (Lipinski definition) is 2. The van der Waals surface area contributed by atoms with Gasteiger partial charge in [-0.05, 0) is 30.9 Å². The van der Waals surface area contributed by atoms with Crippen LogP contribution in [0.25, 0.3) is 0 Å². The molecule has 0 spiro atoms. The lowest BCUT2D eigenvalue weighted by molar-refractivity contribution is 0.0697. The smallest absolute Gasteiger partial charge is 0.337 e. The van der Waals surface area contributed by atoms with E-state index in [2.05, 4.69) is 5.32 Å². The Morgan fingerprint density at radius 2 is 2.00 bits per heavy atom. The molecule has 5 heteroatoms. The fourth-order valence-corrected chi connectivity index (χ4v) is 2.82. The van der Waals surface area contributed by atoms with E-state index in [1.54, 1.807) is 6.07 Å². The maximum Gasteiger partial charge on any atom is 0.337 e. The summed E-state index contributed by atoms with van der Waals surface area (Å²) in [5.74, 6) is -0.417. The van der Waals surface area contributed by atoms with Crippen molar-refractivity contribution < 1.29 is 9.90 Å². The Morgan fingerprint density at radius 1 is 1.33 bits per heavy atom. The molecule has 3 nitrogen and oxygen atoms in total. The van der Waals surface area contributed by atoms with Gasteiger partial charge in [-0.25, -0.2) is 4.79 Å². The highest BCUT2D eigenvalue weighted by molar-refractivity contribution is 6.38. The summed E-state index contributed by atoms with van der Waals surface area (Å²) in [6.45, 7) is 0.819. The van der Waals surface area contributed by atoms with E-state index in [4.69, 9.17) is 28.3 Å². The second-order valence-corrected chi connectivity index (χ2v) is 5.47. The van der Waals surface area contributed by atoms with Gasteiger partial charge in [0.1, 0.15) is 0 Å². The number of hydrogen-bond donors (Lipinski definition) is 2. The van der Waals surface area contributed by atoms with Crippen molar-refractivity contribution in [2.24, 2.45) is 5.92 Å². The fourth-order valence-electron chi connectivity index (χ4n) is 2.34. The van der Waals surface area contributed by atoms with Gasteiger partial charge in [-0.15, -0.1) is 0 Å². The topological polar surface area (TPSA) is 49.3 Å². The molecule has 0 aromatic heterocycles. The van der Waals surface area contributed by atoms with E-state index in [9.17, 15) is 4.79 Å². The van der Waals surface area contributed by atoms with Crippen LogP contribution in [0.4, 0.5) is 5.69 Å². The van der Waals surface area contributed by atoms with Crippen molar-refractivity contribution in [3.63, 3.8) is 0 Å². The molecule has 1 aromatic carbocycles. The predicted octanol–water partition coefficient (Wildman–Crippen LogP) is 4.29. The number of nitrogens with one attached hydrogen (secondary N) is 1. The van der Waals surface area contributed by atoms with E-state index in [1.807, 2.05) is 0 Å². The Morgan fingerprint density at radius 3 is 2.61 bits per heavy atom. The average molecular weight is 288 g/mol. The number of benzene rings is 1. The maximum absolute atomic E-state index is 11.0. The Labute approximate surface area is 116 Å². The van der Waals surface area contributed by atoms with Gasteiger partial charge < -0.3 is 10.4 Å². The molecule has 0 bridgehead atoms. The zero-order valence-electron chi connectivity index (χ0n) is 9.88. The van der Waals surface area contributed by atoms with Gasteiger partial charge in [-0.1, -0.05) is 36.0 Å². The highest BCUT2D eigenvalue weighted by Crippen LogP contribution is 2.31. The minimum atomic E-state index is -1.06. The lowest BCUT2D eigenvalue weighted by Crippen LogP contribution is -2.12. The molecule has 0 unspecified atom stereocenters. The Hall–Kier alpha value is -0.930. The second-order valence-electron chi connectivity index (χ2n) is 4.65. The van der Waals surface area contributed by atoms with Crippen LogP contribution in [-0.4, -0.2) is 17.6 Å². The van der Waals surface area contributed by atoms with E-state index in [0.29, 0.717) is 16.6 Å². The quantitative estimate of drug-likeness (QED) is 0.868. The molecular formula is C13H15Cl2NO2. The molecular weight excluding hydrogens is 273 g/mol. The van der Waals surface area contributed by atoms with E-state index in [-0.39, 0.29) is 10.6 Å². The third-order valence-corrected chi connectivity index (χ3v) is 3.95. The molecule has 2 N–H and O–H groups in total. The summed E-state index contributed by atoms with van der Waals surface area (Å²) >= 11 is 12.0. The molecule has 0 aliphatic heterocycles. The van der Waals surface area contributed by atoms with Crippen molar-refractivity contribution in [3.05, 3.63) is 27.7 Å². The van der Waals surface area contributed by atoms with Gasteiger partial charge in [0.15, 0.2) is 0 Å². The van der Waals surface area contributed by atoms with Crippen LogP contribution in [0.1, 0.15) is 36.0 Å². The Kier molecular flexibility index (Phi) is 4.36. The number of carboxylic acids is 1. The highest BCUT2D eigenvalue weighted by atomic mass is 35.5. The second kappa shape index (κ2) is 5.81. The molecule has 0 heterocycles. The van der Waals surface area contributed by atoms with Crippen LogP contribution in [0, 0.1) is 5.92 Å². The molecule has 18 heavy (non-hydrogen) atoms. The molecule has 0 saturated heterocycles. The van der Waals surface area contributed by atoms with Gasteiger partial charge in [-0.2, -0.15) is 0 Å². The summed E-state index contributed by atoms with van der Waals surface area (Å²) in [5.41, 5.74) is 0.645. The molecule has 1 aromatic rings. The number of rotatable bonds is 4. The minimum Gasteiger partial charge on any atom is -0.478 e. The van der Waals surface area contributed by atoms with Crippen LogP contribution in [0.3, 0.4) is 0 Å². The van der Waals surface area contributed by atoms with Crippen molar-refractivity contribution >= 4 is 34.9 Å². The molecule has 0 amide bonds. The number of aromatic carboxylic acids is 1. The molecule has 1 aliphatic rings. The summed E-state index contributed by atoms with van der Waals surface area (Å²) in [6, 6.07) is 3.04. The van der Waals surface area contributed by atoms with E-state index < -0.39 is 5.97 Å². The number of halogens is 2. The lowest BCUT2D eigenvalue weighted by atomic mass is 10.1. The summed E-state index contributed by atoms with van der Waals surface area (Å²) < 4.78 is 0. The van der Waals surface area contributed by atoms with Gasteiger partial charge in [0.25, 0.3) is 0 Å². The molecule has 1 fully saturated rings. The van der Waals surface area contributed by atoms with Crippen molar-refractivity contribution in [2.75, 3.05) is 11.9 Å². The van der Waals surface area contributed by atoms with Gasteiger partial charge in [-0.3, -0.25) is 0 Å². The van der Waals surface area contributed by atoms with Crippen molar-refractivity contribution in [2.45, 2.75) is 25.7 Å². The lowest BCUT2D eigenvalue weighted by Gasteiger charge is -2.14. The zero-order chi connectivity index (χ0) is 13.1. The summed E-state index contributed by atoms with van der Waals surface area (Å²) in [6.07, 6.45) is 4.99. The summed E-state index contributed by atoms with van der Waals surface area (Å²) in [5, 5.41) is 12.8. The molecule has 2 rings (SSSR count). The zero-order valence-corrected chi connectivity index (χ0v) is 11.4. The fraction of sp³-hybridized carbons (Fsp3) is 0.462. The Bertz CT molecular complexity index is 457. The van der Waals surface area contributed by atoms with E-state index >= 15 is 0 Å². The number of anilines is 1. The van der Waals surface area contributed by atoms with E-state index in [1.165, 1.54) is 31.7 Å². The van der Waals surface area contributed by atoms with Crippen LogP contribution >= 0.6 is 23.2 Å². The third-order valence-electron chi connectivity index (χ3n) is 3.32. The predicted molar refractivity (Wildman–Crippen MR) is 73.9 cm³/mol. The van der Waals surface area contributed by atoms with Crippen molar-refractivity contribution in [3.8, 4) is 0 Å². The summed E-state index contributed by atoms with van der Waals surface area (Å²) in [4.78, 5) is 11.0. The maximum atomic E-state index is 11.0. The first-order valence-electron chi connectivity index (χ1n) is 6.04. The van der Waals surface area contributed by atoms with E-state index in [0.717, 1.165) is 6.54 Å². The van der Waals surface area contributed by atoms with Crippen LogP contribution in [0.15, 0.2) is 12.1 Å². The highest BCUT2D eigenvalue weighted by Gasteiger charge is 2.17. The van der Waals surface area contributed by atoms with Gasteiger partial charge in [0, 0.05) is 11.6 Å². The first kappa shape index (κ1) is 13.5. The van der Waals surface area contributed by atoms with Gasteiger partial charge in [0.2, 0.25) is 0 Å². The minimum absolute atomic E-state index is 0.0399. The van der Waals surface area contributed by atoms with Gasteiger partial charge >= 0.3 is 5.97 Å². The number of carboxylic acid groups (broad SMARTS) is 1. The average Bonchev–Trinajstić information content (AvgIpc) is 2.82. The molecule has 0 radical (unpaired) electrons. The van der Waals surface area contributed by atoms with Crippen LogP contribution in [0.2, 0.25) is 10.0 Å². The normalized spacial score (nSPS) is 15.9. The first-order valence-corrected chi connectivity index (χ1v) is 6.79. The van der Waals surface area contributed by atoms with Gasteiger partial charge in [0.05, 0.1) is 16.3 Å². The molecule has 98 valence electrons. The van der Waals surface area contributed by atoms with Crippen LogP contribution < -0.4 is 5.32 Å². The molecule has 1 aliphatic carbocycles. The molecule has 1 saturated carbocycles. The standard InChI is InChI=1S/C13H15Cl2NO2/c14-9-5-10(13(17)18)12(15)11(6-9)16-7-8-3-1-2-4-8/h5-6,8,16H,1-4,7H2,(H,17,18). The summed E-state index contributed by atoms with van der Waals surface area (Å²) in [7, 11) is 0.